The van der Waals surface area contributed by atoms with Crippen LogP contribution in [0, 0.1) is 5.92 Å². The molecule has 0 radical (unpaired) electrons. The van der Waals surface area contributed by atoms with E-state index in [1.807, 2.05) is 0 Å². The summed E-state index contributed by atoms with van der Waals surface area (Å²) < 4.78 is 36.2. The van der Waals surface area contributed by atoms with Crippen molar-refractivity contribution in [1.29, 1.82) is 0 Å². The smallest absolute Gasteiger partial charge is 0.726 e. The first kappa shape index (κ1) is 25.1. The molecule has 6 heteroatoms. The van der Waals surface area contributed by atoms with Crippen LogP contribution in [0.1, 0.15) is 90.9 Å². The first-order valence-corrected chi connectivity index (χ1v) is 9.93. The molecule has 0 aromatic carbocycles. The predicted octanol–water partition coefficient (Wildman–Crippen LogP) is 1.80. The summed E-state index contributed by atoms with van der Waals surface area (Å²) in [7, 11) is -4.55. The average Bonchev–Trinajstić information content (AvgIpc) is 2.42. The Morgan fingerprint density at radius 3 is 1.68 bits per heavy atom. The zero-order chi connectivity index (χ0) is 16.0. The molecular formula is C16H33NaO4S. The molecule has 0 amide bonds. The van der Waals surface area contributed by atoms with Gasteiger partial charge >= 0.3 is 29.6 Å². The van der Waals surface area contributed by atoms with E-state index in [2.05, 4.69) is 18.0 Å². The average molecular weight is 344 g/mol. The Labute approximate surface area is 160 Å². The molecule has 0 bridgehead atoms. The molecule has 0 saturated heterocycles. The van der Waals surface area contributed by atoms with Crippen LogP contribution in [0.25, 0.3) is 0 Å². The van der Waals surface area contributed by atoms with Crippen molar-refractivity contribution >= 4 is 10.4 Å². The normalized spacial score (nSPS) is 12.9. The van der Waals surface area contributed by atoms with Crippen LogP contribution in [0.2, 0.25) is 0 Å². The van der Waals surface area contributed by atoms with Crippen LogP contribution in [-0.4, -0.2) is 19.6 Å². The second-order valence-corrected chi connectivity index (χ2v) is 7.02. The summed E-state index contributed by atoms with van der Waals surface area (Å²) in [6.07, 6.45) is 14.0. The van der Waals surface area contributed by atoms with E-state index >= 15 is 0 Å². The third-order valence-corrected chi connectivity index (χ3v) is 4.30. The van der Waals surface area contributed by atoms with Gasteiger partial charge in [-0.1, -0.05) is 78.1 Å². The van der Waals surface area contributed by atoms with E-state index in [1.54, 1.807) is 0 Å². The number of hydrogen-bond donors (Lipinski definition) is 0. The van der Waals surface area contributed by atoms with E-state index in [0.717, 1.165) is 25.7 Å². The van der Waals surface area contributed by atoms with E-state index in [9.17, 15) is 13.0 Å². The van der Waals surface area contributed by atoms with Gasteiger partial charge in [-0.15, -0.1) is 0 Å². The van der Waals surface area contributed by atoms with Crippen LogP contribution < -0.4 is 29.6 Å². The van der Waals surface area contributed by atoms with Crippen LogP contribution in [0.3, 0.4) is 0 Å². The fourth-order valence-corrected chi connectivity index (χ4v) is 2.92. The second kappa shape index (κ2) is 16.7. The van der Waals surface area contributed by atoms with Crippen LogP contribution in [0.15, 0.2) is 0 Å². The van der Waals surface area contributed by atoms with Gasteiger partial charge in [0.25, 0.3) is 0 Å². The van der Waals surface area contributed by atoms with Gasteiger partial charge in [0.1, 0.15) is 0 Å². The Bertz CT molecular complexity index is 320. The van der Waals surface area contributed by atoms with Gasteiger partial charge in [0.2, 0.25) is 10.4 Å². The molecule has 0 aliphatic heterocycles. The Hall–Kier alpha value is 0.870. The Kier molecular flexibility index (Phi) is 19.1. The molecule has 0 N–H and O–H groups in total. The van der Waals surface area contributed by atoms with Crippen LogP contribution in [0.4, 0.5) is 0 Å². The molecule has 0 fully saturated rings. The van der Waals surface area contributed by atoms with Crippen molar-refractivity contribution in [2.24, 2.45) is 5.92 Å². The summed E-state index contributed by atoms with van der Waals surface area (Å²) in [6.45, 7) is 4.43. The van der Waals surface area contributed by atoms with Crippen molar-refractivity contribution in [3.8, 4) is 0 Å². The van der Waals surface area contributed by atoms with Gasteiger partial charge in [-0.05, 0) is 18.8 Å². The summed E-state index contributed by atoms with van der Waals surface area (Å²) in [5.41, 5.74) is 0. The number of rotatable bonds is 15. The first-order valence-electron chi connectivity index (χ1n) is 8.59. The molecule has 1 atom stereocenters. The van der Waals surface area contributed by atoms with Crippen molar-refractivity contribution in [2.75, 3.05) is 6.61 Å². The SMILES string of the molecule is CCCCCCCCC(CCCCCC)COS(=O)(=O)[O-].[Na+]. The first-order chi connectivity index (χ1) is 9.99. The number of hydrogen-bond acceptors (Lipinski definition) is 4. The number of unbranched alkanes of at least 4 members (excludes halogenated alkanes) is 8. The summed E-state index contributed by atoms with van der Waals surface area (Å²) in [5.74, 6) is 0.205. The third kappa shape index (κ3) is 18.9. The van der Waals surface area contributed by atoms with Crippen LogP contribution >= 0.6 is 0 Å². The summed E-state index contributed by atoms with van der Waals surface area (Å²) in [5, 5.41) is 0. The van der Waals surface area contributed by atoms with E-state index < -0.39 is 10.4 Å². The van der Waals surface area contributed by atoms with Gasteiger partial charge in [-0.3, -0.25) is 4.18 Å². The standard InChI is InChI=1S/C16H34O4S.Na/c1-3-5-7-9-10-12-14-16(13-11-8-6-4-2)15-20-21(17,18)19;/h16H,3-15H2,1-2H3,(H,17,18,19);/q;+1/p-1. The van der Waals surface area contributed by atoms with E-state index in [4.69, 9.17) is 0 Å². The third-order valence-electron chi connectivity index (χ3n) is 3.88. The zero-order valence-electron chi connectivity index (χ0n) is 14.8. The summed E-state index contributed by atoms with van der Waals surface area (Å²) in [6, 6.07) is 0. The molecule has 0 aliphatic rings. The van der Waals surface area contributed by atoms with Crippen molar-refractivity contribution in [3.63, 3.8) is 0 Å². The molecule has 0 heterocycles. The van der Waals surface area contributed by atoms with Gasteiger partial charge < -0.3 is 4.55 Å². The summed E-state index contributed by atoms with van der Waals surface area (Å²) >= 11 is 0. The maximum atomic E-state index is 10.6. The van der Waals surface area contributed by atoms with Gasteiger partial charge in [0.05, 0.1) is 6.61 Å². The second-order valence-electron chi connectivity index (χ2n) is 5.96. The maximum Gasteiger partial charge on any atom is 1.00 e. The molecule has 22 heavy (non-hydrogen) atoms. The Balaban J connectivity index is 0. The minimum Gasteiger partial charge on any atom is -0.726 e. The summed E-state index contributed by atoms with van der Waals surface area (Å²) in [4.78, 5) is 0. The van der Waals surface area contributed by atoms with Crippen molar-refractivity contribution in [3.05, 3.63) is 0 Å². The zero-order valence-corrected chi connectivity index (χ0v) is 17.6. The van der Waals surface area contributed by atoms with Crippen molar-refractivity contribution in [2.45, 2.75) is 90.9 Å². The van der Waals surface area contributed by atoms with E-state index in [0.29, 0.717) is 0 Å². The fraction of sp³-hybridized carbons (Fsp3) is 1.00. The molecule has 0 saturated carbocycles. The molecule has 0 spiro atoms. The van der Waals surface area contributed by atoms with E-state index in [-0.39, 0.29) is 42.1 Å². The molecule has 128 valence electrons. The minimum absolute atomic E-state index is 0. The molecular weight excluding hydrogens is 311 g/mol. The van der Waals surface area contributed by atoms with Crippen molar-refractivity contribution < 1.29 is 46.7 Å². The Morgan fingerprint density at radius 2 is 1.23 bits per heavy atom. The van der Waals surface area contributed by atoms with Crippen molar-refractivity contribution in [1.82, 2.24) is 0 Å². The van der Waals surface area contributed by atoms with Gasteiger partial charge in [-0.25, -0.2) is 8.42 Å². The van der Waals surface area contributed by atoms with Crippen LogP contribution in [0.5, 0.6) is 0 Å². The monoisotopic (exact) mass is 344 g/mol. The molecule has 0 aromatic rings. The molecule has 0 aromatic heterocycles. The maximum absolute atomic E-state index is 10.6. The minimum atomic E-state index is -4.55. The van der Waals surface area contributed by atoms with Gasteiger partial charge in [0, 0.05) is 0 Å². The molecule has 1 unspecified atom stereocenters. The Morgan fingerprint density at radius 1 is 0.818 bits per heavy atom. The van der Waals surface area contributed by atoms with Gasteiger partial charge in [-0.2, -0.15) is 0 Å². The predicted molar refractivity (Wildman–Crippen MR) is 85.9 cm³/mol. The van der Waals surface area contributed by atoms with Gasteiger partial charge in [0.15, 0.2) is 0 Å². The largest absolute Gasteiger partial charge is 1.00 e. The molecule has 0 rings (SSSR count). The van der Waals surface area contributed by atoms with Crippen LogP contribution in [-0.2, 0) is 14.6 Å². The molecule has 4 nitrogen and oxygen atoms in total. The fourth-order valence-electron chi connectivity index (χ4n) is 2.56. The quantitative estimate of drug-likeness (QED) is 0.197. The topological polar surface area (TPSA) is 66.4 Å². The van der Waals surface area contributed by atoms with E-state index in [1.165, 1.54) is 51.4 Å². The molecule has 0 aliphatic carbocycles.